The normalized spacial score (nSPS) is 29.9. The van der Waals surface area contributed by atoms with Crippen LogP contribution < -0.4 is 15.8 Å². The highest BCUT2D eigenvalue weighted by Gasteiger charge is 2.33. The molecule has 2 fully saturated rings. The lowest BCUT2D eigenvalue weighted by Gasteiger charge is -2.29. The predicted octanol–water partition coefficient (Wildman–Crippen LogP) is 0.917. The number of pyridine rings is 1. The van der Waals surface area contributed by atoms with Crippen molar-refractivity contribution in [3.05, 3.63) is 24.4 Å². The summed E-state index contributed by atoms with van der Waals surface area (Å²) in [6.45, 7) is 2.22. The van der Waals surface area contributed by atoms with Gasteiger partial charge in [0.15, 0.2) is 0 Å². The first-order chi connectivity index (χ1) is 7.95. The molecule has 0 spiro atoms. The molecule has 0 bridgehead atoms. The Morgan fingerprint density at radius 2 is 2.31 bits per heavy atom. The van der Waals surface area contributed by atoms with Crippen LogP contribution in [0, 0.1) is 0 Å². The van der Waals surface area contributed by atoms with E-state index < -0.39 is 0 Å². The summed E-state index contributed by atoms with van der Waals surface area (Å²) in [6.07, 6.45) is 5.65. The van der Waals surface area contributed by atoms with Gasteiger partial charge in [-0.3, -0.25) is 10.9 Å². The second kappa shape index (κ2) is 4.39. The maximum Gasteiger partial charge on any atom is 0.128 e. The molecule has 2 aliphatic rings. The largest absolute Gasteiger partial charge is 0.352 e. The van der Waals surface area contributed by atoms with Crippen LogP contribution >= 0.6 is 0 Å². The van der Waals surface area contributed by atoms with Gasteiger partial charge in [-0.05, 0) is 31.4 Å². The van der Waals surface area contributed by atoms with E-state index in [-0.39, 0.29) is 0 Å². The van der Waals surface area contributed by atoms with Crippen molar-refractivity contribution < 1.29 is 0 Å². The summed E-state index contributed by atoms with van der Waals surface area (Å²) < 4.78 is 0. The van der Waals surface area contributed by atoms with Crippen LogP contribution in [0.1, 0.15) is 19.3 Å². The molecule has 4 nitrogen and oxygen atoms in total. The number of hydrazine groups is 1. The van der Waals surface area contributed by atoms with Gasteiger partial charge < -0.3 is 4.90 Å². The number of hydrogen-bond acceptors (Lipinski definition) is 4. The van der Waals surface area contributed by atoms with Gasteiger partial charge in [0.1, 0.15) is 5.82 Å². The fraction of sp³-hybridized carbons (Fsp3) is 0.583. The molecule has 1 aromatic rings. The van der Waals surface area contributed by atoms with Crippen molar-refractivity contribution in [1.29, 1.82) is 0 Å². The topological polar surface area (TPSA) is 40.2 Å². The monoisotopic (exact) mass is 218 g/mol. The highest BCUT2D eigenvalue weighted by atomic mass is 15.4. The Hall–Kier alpha value is -1.13. The minimum atomic E-state index is 0.574. The first-order valence-electron chi connectivity index (χ1n) is 6.11. The van der Waals surface area contributed by atoms with Crippen LogP contribution in [-0.4, -0.2) is 30.2 Å². The molecule has 0 radical (unpaired) electrons. The van der Waals surface area contributed by atoms with E-state index in [1.54, 1.807) is 0 Å². The standard InChI is InChI=1S/C12H18N4/c1-2-7-13-12(5-1)16-9-3-4-11(16)10-6-8-14-15-10/h1-2,5,7,10-11,14-15H,3-4,6,8-9H2. The summed E-state index contributed by atoms with van der Waals surface area (Å²) in [5.74, 6) is 1.12. The minimum absolute atomic E-state index is 0.574. The molecule has 4 heteroatoms. The van der Waals surface area contributed by atoms with Gasteiger partial charge in [-0.2, -0.15) is 0 Å². The van der Waals surface area contributed by atoms with E-state index >= 15 is 0 Å². The number of hydrogen-bond donors (Lipinski definition) is 2. The Balaban J connectivity index is 1.78. The Labute approximate surface area is 96.0 Å². The Bertz CT molecular complexity index is 334. The molecular formula is C12H18N4. The molecule has 3 heterocycles. The summed E-state index contributed by atoms with van der Waals surface area (Å²) in [5.41, 5.74) is 6.60. The van der Waals surface area contributed by atoms with E-state index in [2.05, 4.69) is 32.9 Å². The van der Waals surface area contributed by atoms with Crippen LogP contribution in [0.3, 0.4) is 0 Å². The molecule has 2 unspecified atom stereocenters. The van der Waals surface area contributed by atoms with Crippen molar-refractivity contribution in [2.75, 3.05) is 18.0 Å². The molecule has 0 saturated carbocycles. The third kappa shape index (κ3) is 1.79. The quantitative estimate of drug-likeness (QED) is 0.774. The van der Waals surface area contributed by atoms with Crippen LogP contribution in [0.2, 0.25) is 0 Å². The Morgan fingerprint density at radius 1 is 1.31 bits per heavy atom. The lowest BCUT2D eigenvalue weighted by molar-refractivity contribution is 0.458. The molecule has 16 heavy (non-hydrogen) atoms. The van der Waals surface area contributed by atoms with Gasteiger partial charge in [-0.1, -0.05) is 6.07 Å². The fourth-order valence-corrected chi connectivity index (χ4v) is 2.81. The second-order valence-electron chi connectivity index (χ2n) is 4.56. The molecule has 2 aliphatic heterocycles. The van der Waals surface area contributed by atoms with Crippen molar-refractivity contribution in [1.82, 2.24) is 15.8 Å². The molecule has 0 amide bonds. The summed E-state index contributed by atoms with van der Waals surface area (Å²) in [5, 5.41) is 0. The summed E-state index contributed by atoms with van der Waals surface area (Å²) >= 11 is 0. The van der Waals surface area contributed by atoms with Crippen molar-refractivity contribution in [2.45, 2.75) is 31.3 Å². The maximum atomic E-state index is 4.46. The molecule has 0 aliphatic carbocycles. The van der Waals surface area contributed by atoms with E-state index in [4.69, 9.17) is 0 Å². The highest BCUT2D eigenvalue weighted by Crippen LogP contribution is 2.27. The predicted molar refractivity (Wildman–Crippen MR) is 64.1 cm³/mol. The zero-order chi connectivity index (χ0) is 10.8. The maximum absolute atomic E-state index is 4.46. The average Bonchev–Trinajstić information content (AvgIpc) is 3.01. The van der Waals surface area contributed by atoms with Gasteiger partial charge in [-0.15, -0.1) is 0 Å². The summed E-state index contributed by atoms with van der Waals surface area (Å²) in [7, 11) is 0. The van der Waals surface area contributed by atoms with Gasteiger partial charge in [0, 0.05) is 31.4 Å². The minimum Gasteiger partial charge on any atom is -0.352 e. The Kier molecular flexibility index (Phi) is 2.76. The molecule has 1 aromatic heterocycles. The molecule has 2 atom stereocenters. The summed E-state index contributed by atoms with van der Waals surface area (Å²) in [6, 6.07) is 7.33. The first kappa shape index (κ1) is 10.1. The number of rotatable bonds is 2. The number of nitrogens with zero attached hydrogens (tertiary/aromatic N) is 2. The van der Waals surface area contributed by atoms with E-state index in [9.17, 15) is 0 Å². The van der Waals surface area contributed by atoms with Crippen LogP contribution in [0.25, 0.3) is 0 Å². The molecule has 2 N–H and O–H groups in total. The van der Waals surface area contributed by atoms with Gasteiger partial charge in [0.25, 0.3) is 0 Å². The first-order valence-corrected chi connectivity index (χ1v) is 6.11. The van der Waals surface area contributed by atoms with E-state index in [1.807, 2.05) is 12.3 Å². The highest BCUT2D eigenvalue weighted by molar-refractivity contribution is 5.41. The number of aromatic nitrogens is 1. The number of nitrogens with one attached hydrogen (secondary N) is 2. The van der Waals surface area contributed by atoms with E-state index in [0.29, 0.717) is 12.1 Å². The molecule has 86 valence electrons. The average molecular weight is 218 g/mol. The third-order valence-electron chi connectivity index (χ3n) is 3.58. The smallest absolute Gasteiger partial charge is 0.128 e. The molecule has 0 aromatic carbocycles. The second-order valence-corrected chi connectivity index (χ2v) is 4.56. The molecule has 2 saturated heterocycles. The Morgan fingerprint density at radius 3 is 3.06 bits per heavy atom. The third-order valence-corrected chi connectivity index (χ3v) is 3.58. The van der Waals surface area contributed by atoms with Crippen LogP contribution in [-0.2, 0) is 0 Å². The van der Waals surface area contributed by atoms with Crippen LogP contribution in [0.5, 0.6) is 0 Å². The van der Waals surface area contributed by atoms with Gasteiger partial charge >= 0.3 is 0 Å². The van der Waals surface area contributed by atoms with Gasteiger partial charge in [0.2, 0.25) is 0 Å². The fourth-order valence-electron chi connectivity index (χ4n) is 2.81. The molecule has 3 rings (SSSR count). The van der Waals surface area contributed by atoms with Gasteiger partial charge in [-0.25, -0.2) is 4.98 Å². The van der Waals surface area contributed by atoms with E-state index in [1.165, 1.54) is 19.3 Å². The SMILES string of the molecule is c1ccc(N2CCCC2C2CCNN2)nc1. The molecular weight excluding hydrogens is 200 g/mol. The van der Waals surface area contributed by atoms with E-state index in [0.717, 1.165) is 18.9 Å². The summed E-state index contributed by atoms with van der Waals surface area (Å²) in [4.78, 5) is 6.91. The lowest BCUT2D eigenvalue weighted by Crippen LogP contribution is -2.46. The van der Waals surface area contributed by atoms with Crippen molar-refractivity contribution in [2.24, 2.45) is 0 Å². The zero-order valence-corrected chi connectivity index (χ0v) is 9.39. The van der Waals surface area contributed by atoms with Crippen molar-refractivity contribution in [3.8, 4) is 0 Å². The van der Waals surface area contributed by atoms with Crippen LogP contribution in [0.15, 0.2) is 24.4 Å². The van der Waals surface area contributed by atoms with Gasteiger partial charge in [0.05, 0.1) is 0 Å². The zero-order valence-electron chi connectivity index (χ0n) is 9.39. The van der Waals surface area contributed by atoms with Crippen molar-refractivity contribution >= 4 is 5.82 Å². The van der Waals surface area contributed by atoms with Crippen molar-refractivity contribution in [3.63, 3.8) is 0 Å². The number of anilines is 1. The van der Waals surface area contributed by atoms with Crippen LogP contribution in [0.4, 0.5) is 5.82 Å². The lowest BCUT2D eigenvalue weighted by atomic mass is 10.0.